The van der Waals surface area contributed by atoms with E-state index in [1.165, 1.54) is 17.7 Å². The van der Waals surface area contributed by atoms with Crippen LogP contribution in [0.4, 0.5) is 4.39 Å². The fraction of sp³-hybridized carbons (Fsp3) is 0.231. The van der Waals surface area contributed by atoms with Crippen LogP contribution in [0.3, 0.4) is 0 Å². The van der Waals surface area contributed by atoms with E-state index in [1.807, 2.05) is 39.0 Å². The standard InChI is InChI=1S/C26H27FN2O3/c1-4-31-25-14-21(8-12-24(25)32-17-20-6-10-23(27)11-7-20)16-28-29-26(30)15-22-9-5-18(2)13-19(22)3/h5-14,16H,4,15,17H2,1-3H3,(H,29,30)/b28-16+. The molecule has 0 aliphatic heterocycles. The number of halogens is 1. The number of amides is 1. The number of hydrogen-bond acceptors (Lipinski definition) is 4. The Morgan fingerprint density at radius 2 is 1.78 bits per heavy atom. The van der Waals surface area contributed by atoms with Crippen molar-refractivity contribution in [1.29, 1.82) is 0 Å². The predicted octanol–water partition coefficient (Wildman–Crippen LogP) is 5.11. The fourth-order valence-electron chi connectivity index (χ4n) is 3.17. The number of carbonyl (C=O) groups excluding carboxylic acids is 1. The van der Waals surface area contributed by atoms with E-state index in [0.717, 1.165) is 22.3 Å². The van der Waals surface area contributed by atoms with Crippen molar-refractivity contribution >= 4 is 12.1 Å². The molecule has 3 aromatic carbocycles. The van der Waals surface area contributed by atoms with Crippen molar-refractivity contribution in [1.82, 2.24) is 5.43 Å². The van der Waals surface area contributed by atoms with Gasteiger partial charge in [0.25, 0.3) is 0 Å². The normalized spacial score (nSPS) is 10.9. The van der Waals surface area contributed by atoms with E-state index in [-0.39, 0.29) is 18.1 Å². The lowest BCUT2D eigenvalue weighted by Gasteiger charge is -2.12. The summed E-state index contributed by atoms with van der Waals surface area (Å²) in [7, 11) is 0. The molecule has 0 fully saturated rings. The fourth-order valence-corrected chi connectivity index (χ4v) is 3.17. The molecule has 0 spiro atoms. The van der Waals surface area contributed by atoms with Gasteiger partial charge in [-0.15, -0.1) is 0 Å². The van der Waals surface area contributed by atoms with Crippen molar-refractivity contribution in [3.63, 3.8) is 0 Å². The molecule has 166 valence electrons. The van der Waals surface area contributed by atoms with Gasteiger partial charge in [0.15, 0.2) is 11.5 Å². The quantitative estimate of drug-likeness (QED) is 0.376. The smallest absolute Gasteiger partial charge is 0.244 e. The van der Waals surface area contributed by atoms with Gasteiger partial charge in [-0.3, -0.25) is 4.79 Å². The van der Waals surface area contributed by atoms with Crippen LogP contribution >= 0.6 is 0 Å². The van der Waals surface area contributed by atoms with Gasteiger partial charge in [0.05, 0.1) is 19.2 Å². The monoisotopic (exact) mass is 434 g/mol. The van der Waals surface area contributed by atoms with E-state index in [1.54, 1.807) is 30.5 Å². The van der Waals surface area contributed by atoms with Crippen molar-refractivity contribution < 1.29 is 18.7 Å². The van der Waals surface area contributed by atoms with Crippen LogP contribution in [0.2, 0.25) is 0 Å². The van der Waals surface area contributed by atoms with Crippen LogP contribution in [0.15, 0.2) is 65.8 Å². The summed E-state index contributed by atoms with van der Waals surface area (Å²) >= 11 is 0. The summed E-state index contributed by atoms with van der Waals surface area (Å²) < 4.78 is 24.6. The lowest BCUT2D eigenvalue weighted by molar-refractivity contribution is -0.120. The first-order chi connectivity index (χ1) is 15.4. The number of carbonyl (C=O) groups is 1. The summed E-state index contributed by atoms with van der Waals surface area (Å²) in [6.07, 6.45) is 1.83. The zero-order valence-electron chi connectivity index (χ0n) is 18.5. The summed E-state index contributed by atoms with van der Waals surface area (Å²) in [6.45, 7) is 6.67. The predicted molar refractivity (Wildman–Crippen MR) is 124 cm³/mol. The minimum absolute atomic E-state index is 0.183. The maximum Gasteiger partial charge on any atom is 0.244 e. The largest absolute Gasteiger partial charge is 0.490 e. The second kappa shape index (κ2) is 11.1. The molecule has 0 heterocycles. The van der Waals surface area contributed by atoms with Gasteiger partial charge in [-0.1, -0.05) is 35.9 Å². The molecule has 3 aromatic rings. The topological polar surface area (TPSA) is 59.9 Å². The highest BCUT2D eigenvalue weighted by atomic mass is 19.1. The molecule has 0 aliphatic rings. The molecule has 1 N–H and O–H groups in total. The van der Waals surface area contributed by atoms with Crippen molar-refractivity contribution in [3.05, 3.63) is 94.3 Å². The highest BCUT2D eigenvalue weighted by molar-refractivity contribution is 5.84. The molecule has 0 bridgehead atoms. The van der Waals surface area contributed by atoms with Crippen LogP contribution in [-0.2, 0) is 17.8 Å². The summed E-state index contributed by atoms with van der Waals surface area (Å²) in [4.78, 5) is 12.2. The van der Waals surface area contributed by atoms with E-state index in [9.17, 15) is 9.18 Å². The molecule has 3 rings (SSSR count). The molecule has 6 heteroatoms. The first-order valence-corrected chi connectivity index (χ1v) is 10.5. The van der Waals surface area contributed by atoms with Crippen molar-refractivity contribution in [2.75, 3.05) is 6.61 Å². The molecule has 0 aromatic heterocycles. The minimum atomic E-state index is -0.284. The first-order valence-electron chi connectivity index (χ1n) is 10.5. The van der Waals surface area contributed by atoms with Gasteiger partial charge in [0.1, 0.15) is 12.4 Å². The number of nitrogens with one attached hydrogen (secondary N) is 1. The number of hydrazone groups is 1. The second-order valence-electron chi connectivity index (χ2n) is 7.45. The Morgan fingerprint density at radius 3 is 2.50 bits per heavy atom. The zero-order chi connectivity index (χ0) is 22.9. The third-order valence-electron chi connectivity index (χ3n) is 4.83. The van der Waals surface area contributed by atoms with Crippen molar-refractivity contribution in [3.8, 4) is 11.5 Å². The summed E-state index contributed by atoms with van der Waals surface area (Å²) in [5, 5.41) is 4.06. The zero-order valence-corrected chi connectivity index (χ0v) is 18.5. The Morgan fingerprint density at radius 1 is 1.00 bits per heavy atom. The van der Waals surface area contributed by atoms with Crippen LogP contribution in [0.5, 0.6) is 11.5 Å². The molecular formula is C26H27FN2O3. The molecule has 0 saturated carbocycles. The highest BCUT2D eigenvalue weighted by Crippen LogP contribution is 2.29. The maximum absolute atomic E-state index is 13.1. The lowest BCUT2D eigenvalue weighted by Crippen LogP contribution is -2.20. The van der Waals surface area contributed by atoms with Gasteiger partial charge in [-0.25, -0.2) is 9.82 Å². The summed E-state index contributed by atoms with van der Waals surface area (Å²) in [5.41, 5.74) is 7.41. The van der Waals surface area contributed by atoms with Crippen molar-refractivity contribution in [2.24, 2.45) is 5.10 Å². The van der Waals surface area contributed by atoms with Crippen LogP contribution in [0.25, 0.3) is 0 Å². The molecule has 32 heavy (non-hydrogen) atoms. The van der Waals surface area contributed by atoms with E-state index in [4.69, 9.17) is 9.47 Å². The maximum atomic E-state index is 13.1. The molecule has 5 nitrogen and oxygen atoms in total. The Labute approximate surface area is 187 Å². The minimum Gasteiger partial charge on any atom is -0.490 e. The number of aryl methyl sites for hydroxylation is 2. The van der Waals surface area contributed by atoms with Crippen LogP contribution in [-0.4, -0.2) is 18.7 Å². The van der Waals surface area contributed by atoms with Gasteiger partial charge in [-0.05, 0) is 73.4 Å². The van der Waals surface area contributed by atoms with Crippen molar-refractivity contribution in [2.45, 2.75) is 33.8 Å². The van der Waals surface area contributed by atoms with E-state index in [2.05, 4.69) is 16.6 Å². The summed E-state index contributed by atoms with van der Waals surface area (Å²) in [6, 6.07) is 17.6. The molecule has 0 aliphatic carbocycles. The Kier molecular flexibility index (Phi) is 7.97. The van der Waals surface area contributed by atoms with Crippen LogP contribution in [0.1, 0.15) is 34.7 Å². The molecule has 1 amide bonds. The Bertz CT molecular complexity index is 1090. The first kappa shape index (κ1) is 23.0. The number of hydrogen-bond donors (Lipinski definition) is 1. The van der Waals surface area contributed by atoms with Gasteiger partial charge in [-0.2, -0.15) is 5.10 Å². The third-order valence-corrected chi connectivity index (χ3v) is 4.83. The molecule has 0 saturated heterocycles. The third kappa shape index (κ3) is 6.67. The average Bonchev–Trinajstić information content (AvgIpc) is 2.76. The number of nitrogens with zero attached hydrogens (tertiary/aromatic N) is 1. The highest BCUT2D eigenvalue weighted by Gasteiger charge is 2.08. The molecule has 0 atom stereocenters. The average molecular weight is 435 g/mol. The lowest BCUT2D eigenvalue weighted by atomic mass is 10.0. The molecule has 0 unspecified atom stereocenters. The number of rotatable bonds is 9. The number of benzene rings is 3. The van der Waals surface area contributed by atoms with E-state index < -0.39 is 0 Å². The molecule has 0 radical (unpaired) electrons. The van der Waals surface area contributed by atoms with Gasteiger partial charge in [0.2, 0.25) is 5.91 Å². The summed E-state index contributed by atoms with van der Waals surface area (Å²) in [5.74, 6) is 0.679. The van der Waals surface area contributed by atoms with Gasteiger partial charge < -0.3 is 9.47 Å². The van der Waals surface area contributed by atoms with Gasteiger partial charge in [0, 0.05) is 0 Å². The van der Waals surface area contributed by atoms with Crippen LogP contribution < -0.4 is 14.9 Å². The number of ether oxygens (including phenoxy) is 2. The molecular weight excluding hydrogens is 407 g/mol. The van der Waals surface area contributed by atoms with E-state index in [0.29, 0.717) is 24.7 Å². The van der Waals surface area contributed by atoms with Gasteiger partial charge >= 0.3 is 0 Å². The Hall–Kier alpha value is -3.67. The Balaban J connectivity index is 1.60. The van der Waals surface area contributed by atoms with Crippen LogP contribution in [0, 0.1) is 19.7 Å². The second-order valence-corrected chi connectivity index (χ2v) is 7.45. The van der Waals surface area contributed by atoms with E-state index >= 15 is 0 Å². The SMILES string of the molecule is CCOc1cc(/C=N/NC(=O)Cc2ccc(C)cc2C)ccc1OCc1ccc(F)cc1.